The number of fused-ring (bicyclic) bond motifs is 1. The van der Waals surface area contributed by atoms with Crippen LogP contribution in [0.1, 0.15) is 43.0 Å². The minimum absolute atomic E-state index is 0.216. The SMILES string of the molecule is CCCCN1CCC(COC(=O)c2cccc3cc[nH]c23)CC1. The highest BCUT2D eigenvalue weighted by Crippen LogP contribution is 2.21. The second kappa shape index (κ2) is 7.64. The Morgan fingerprint density at radius 2 is 2.13 bits per heavy atom. The van der Waals surface area contributed by atoms with Gasteiger partial charge in [0.15, 0.2) is 0 Å². The molecule has 1 saturated heterocycles. The largest absolute Gasteiger partial charge is 0.462 e. The summed E-state index contributed by atoms with van der Waals surface area (Å²) in [5.74, 6) is 0.283. The number of rotatable bonds is 6. The second-order valence-corrected chi connectivity index (χ2v) is 6.48. The van der Waals surface area contributed by atoms with E-state index < -0.39 is 0 Å². The number of hydrogen-bond acceptors (Lipinski definition) is 3. The molecule has 0 bridgehead atoms. The van der Waals surface area contributed by atoms with Gasteiger partial charge in [0, 0.05) is 11.6 Å². The number of hydrogen-bond donors (Lipinski definition) is 1. The number of carbonyl (C=O) groups excluding carboxylic acids is 1. The van der Waals surface area contributed by atoms with Crippen LogP contribution in [0, 0.1) is 5.92 Å². The number of likely N-dealkylation sites (tertiary alicyclic amines) is 1. The fraction of sp³-hybridized carbons (Fsp3) is 0.526. The molecule has 1 N–H and O–H groups in total. The van der Waals surface area contributed by atoms with Gasteiger partial charge in [0.25, 0.3) is 0 Å². The predicted octanol–water partition coefficient (Wildman–Crippen LogP) is 3.84. The number of piperidine rings is 1. The zero-order valence-electron chi connectivity index (χ0n) is 13.9. The molecule has 0 unspecified atom stereocenters. The van der Waals surface area contributed by atoms with Crippen molar-refractivity contribution in [2.75, 3.05) is 26.2 Å². The van der Waals surface area contributed by atoms with E-state index in [2.05, 4.69) is 16.8 Å². The number of carbonyl (C=O) groups is 1. The zero-order chi connectivity index (χ0) is 16.1. The lowest BCUT2D eigenvalue weighted by Gasteiger charge is -2.31. The smallest absolute Gasteiger partial charge is 0.340 e. The Balaban J connectivity index is 1.49. The Hall–Kier alpha value is -1.81. The number of nitrogens with one attached hydrogen (secondary N) is 1. The molecule has 1 aliphatic heterocycles. The summed E-state index contributed by atoms with van der Waals surface area (Å²) in [4.78, 5) is 18.0. The average Bonchev–Trinajstić information content (AvgIpc) is 3.07. The van der Waals surface area contributed by atoms with E-state index in [1.807, 2.05) is 30.5 Å². The molecule has 3 rings (SSSR count). The number of aromatic nitrogens is 1. The number of esters is 1. The first-order valence-electron chi connectivity index (χ1n) is 8.73. The van der Waals surface area contributed by atoms with Crippen molar-refractivity contribution in [3.8, 4) is 0 Å². The van der Waals surface area contributed by atoms with E-state index in [1.54, 1.807) is 0 Å². The minimum Gasteiger partial charge on any atom is -0.462 e. The molecular formula is C19H26N2O2. The molecule has 1 aliphatic rings. The summed E-state index contributed by atoms with van der Waals surface area (Å²) in [6.07, 6.45) is 6.64. The summed E-state index contributed by atoms with van der Waals surface area (Å²) in [5, 5.41) is 1.05. The predicted molar refractivity (Wildman–Crippen MR) is 92.7 cm³/mol. The Bertz CT molecular complexity index is 642. The lowest BCUT2D eigenvalue weighted by molar-refractivity contribution is 0.0374. The van der Waals surface area contributed by atoms with Gasteiger partial charge in [-0.2, -0.15) is 0 Å². The van der Waals surface area contributed by atoms with Crippen molar-refractivity contribution < 1.29 is 9.53 Å². The van der Waals surface area contributed by atoms with Gasteiger partial charge in [0.05, 0.1) is 17.7 Å². The fourth-order valence-corrected chi connectivity index (χ4v) is 3.28. The lowest BCUT2D eigenvalue weighted by atomic mass is 9.97. The molecule has 2 heterocycles. The van der Waals surface area contributed by atoms with Crippen LogP contribution in [0.2, 0.25) is 0 Å². The van der Waals surface area contributed by atoms with Gasteiger partial charge in [-0.25, -0.2) is 4.79 Å². The van der Waals surface area contributed by atoms with Crippen LogP contribution in [0.15, 0.2) is 30.5 Å². The summed E-state index contributed by atoms with van der Waals surface area (Å²) in [5.41, 5.74) is 1.50. The molecule has 4 nitrogen and oxygen atoms in total. The van der Waals surface area contributed by atoms with Gasteiger partial charge >= 0.3 is 5.97 Å². The van der Waals surface area contributed by atoms with Crippen molar-refractivity contribution in [3.63, 3.8) is 0 Å². The van der Waals surface area contributed by atoms with Crippen LogP contribution >= 0.6 is 0 Å². The molecule has 1 fully saturated rings. The number of unbranched alkanes of at least 4 members (excludes halogenated alkanes) is 1. The van der Waals surface area contributed by atoms with Crippen LogP contribution in [0.25, 0.3) is 10.9 Å². The Labute approximate surface area is 137 Å². The summed E-state index contributed by atoms with van der Waals surface area (Å²) in [6, 6.07) is 7.69. The Kier molecular flexibility index (Phi) is 5.34. The molecule has 1 aromatic carbocycles. The van der Waals surface area contributed by atoms with E-state index >= 15 is 0 Å². The van der Waals surface area contributed by atoms with Gasteiger partial charge in [-0.15, -0.1) is 0 Å². The van der Waals surface area contributed by atoms with Crippen LogP contribution in [0.3, 0.4) is 0 Å². The molecule has 0 amide bonds. The number of aromatic amines is 1. The highest BCUT2D eigenvalue weighted by molar-refractivity contribution is 6.02. The molecule has 0 aliphatic carbocycles. The van der Waals surface area contributed by atoms with E-state index in [4.69, 9.17) is 4.74 Å². The van der Waals surface area contributed by atoms with Crippen LogP contribution < -0.4 is 0 Å². The molecule has 2 aromatic rings. The van der Waals surface area contributed by atoms with Crippen molar-refractivity contribution in [2.24, 2.45) is 5.92 Å². The third kappa shape index (κ3) is 3.94. The maximum absolute atomic E-state index is 12.4. The first-order chi connectivity index (χ1) is 11.3. The van der Waals surface area contributed by atoms with Gasteiger partial charge in [0.1, 0.15) is 0 Å². The number of nitrogens with zero attached hydrogens (tertiary/aromatic N) is 1. The average molecular weight is 314 g/mol. The summed E-state index contributed by atoms with van der Waals surface area (Å²) >= 11 is 0. The molecule has 0 saturated carbocycles. The number of benzene rings is 1. The standard InChI is InChI=1S/C19H26N2O2/c1-2-3-11-21-12-8-15(9-13-21)14-23-19(22)17-6-4-5-16-7-10-20-18(16)17/h4-7,10,15,20H,2-3,8-9,11-14H2,1H3. The topological polar surface area (TPSA) is 45.3 Å². The fourth-order valence-electron chi connectivity index (χ4n) is 3.28. The molecule has 0 radical (unpaired) electrons. The van der Waals surface area contributed by atoms with Crippen molar-refractivity contribution in [1.82, 2.24) is 9.88 Å². The van der Waals surface area contributed by atoms with E-state index in [1.165, 1.54) is 19.4 Å². The van der Waals surface area contributed by atoms with Gasteiger partial charge in [-0.1, -0.05) is 25.5 Å². The third-order valence-electron chi connectivity index (χ3n) is 4.79. The van der Waals surface area contributed by atoms with Crippen LogP contribution in [-0.2, 0) is 4.74 Å². The van der Waals surface area contributed by atoms with E-state index in [9.17, 15) is 4.79 Å². The summed E-state index contributed by atoms with van der Waals surface area (Å²) in [6.45, 7) is 6.25. The molecular weight excluding hydrogens is 288 g/mol. The number of ether oxygens (including phenoxy) is 1. The Morgan fingerprint density at radius 1 is 1.30 bits per heavy atom. The lowest BCUT2D eigenvalue weighted by Crippen LogP contribution is -2.36. The molecule has 0 atom stereocenters. The van der Waals surface area contributed by atoms with Crippen molar-refractivity contribution in [3.05, 3.63) is 36.0 Å². The highest BCUT2D eigenvalue weighted by Gasteiger charge is 2.21. The maximum atomic E-state index is 12.4. The van der Waals surface area contributed by atoms with E-state index in [0.717, 1.165) is 36.8 Å². The van der Waals surface area contributed by atoms with Crippen molar-refractivity contribution in [2.45, 2.75) is 32.6 Å². The normalized spacial score (nSPS) is 16.7. The van der Waals surface area contributed by atoms with Crippen LogP contribution in [0.5, 0.6) is 0 Å². The molecule has 0 spiro atoms. The monoisotopic (exact) mass is 314 g/mol. The number of para-hydroxylation sites is 1. The van der Waals surface area contributed by atoms with Gasteiger partial charge in [-0.05, 0) is 56.9 Å². The summed E-state index contributed by atoms with van der Waals surface area (Å²) in [7, 11) is 0. The molecule has 1 aromatic heterocycles. The van der Waals surface area contributed by atoms with E-state index in [0.29, 0.717) is 18.1 Å². The zero-order valence-corrected chi connectivity index (χ0v) is 13.9. The number of H-pyrrole nitrogens is 1. The van der Waals surface area contributed by atoms with Crippen molar-refractivity contribution in [1.29, 1.82) is 0 Å². The third-order valence-corrected chi connectivity index (χ3v) is 4.79. The molecule has 23 heavy (non-hydrogen) atoms. The van der Waals surface area contributed by atoms with Crippen LogP contribution in [-0.4, -0.2) is 42.1 Å². The first-order valence-corrected chi connectivity index (χ1v) is 8.73. The van der Waals surface area contributed by atoms with Crippen molar-refractivity contribution >= 4 is 16.9 Å². The van der Waals surface area contributed by atoms with Crippen LogP contribution in [0.4, 0.5) is 0 Å². The van der Waals surface area contributed by atoms with Gasteiger partial charge in [-0.3, -0.25) is 0 Å². The molecule has 4 heteroatoms. The minimum atomic E-state index is -0.216. The Morgan fingerprint density at radius 3 is 2.91 bits per heavy atom. The van der Waals surface area contributed by atoms with E-state index in [-0.39, 0.29) is 5.97 Å². The highest BCUT2D eigenvalue weighted by atomic mass is 16.5. The first kappa shape index (κ1) is 16.1. The summed E-state index contributed by atoms with van der Waals surface area (Å²) < 4.78 is 5.58. The second-order valence-electron chi connectivity index (χ2n) is 6.48. The van der Waals surface area contributed by atoms with Gasteiger partial charge < -0.3 is 14.6 Å². The quantitative estimate of drug-likeness (QED) is 0.824. The van der Waals surface area contributed by atoms with Gasteiger partial charge in [0.2, 0.25) is 0 Å². The maximum Gasteiger partial charge on any atom is 0.340 e. The molecule has 124 valence electrons.